The first kappa shape index (κ1) is 86.8. The molecule has 12 rings (SSSR count). The standard InChI is InChI=1S/C24H25N3O4.C24H23N3O3.C23H24N2O3.C21H22N4O3/c1-15(2)8-18(12-25)24(29)27-13-20(14-27)31-19-10-16(9-17(11-19)23(26)28)21-6-4-5-7-22(21)30-3;1-16(2)8-19(13-26)24(28)27-14-21(15-27)30-20-10-17(12-25)9-18(11-20)22-6-4-5-7-23(22)29-3;1-16(2)11-18(13-24)23(26)25-14-20(15-25)28-19-8-6-7-17(12-19)21-9-4-5-10-22(21)27-3;1-14(2)8-15(10-22)21(26)25-12-17(13-25)28-20-9-16(11-23-24-20)18-6-4-5-7-19(18)27-3/h4-11,15,20H,13-14H2,1-3H3,(H2,26,28);4-11,16,21H,14-15H2,1-3H3;4-12,16,20H,14-15H2,1-3H3;4-9,11,14,17H,12-13H2,1-3H3/b18-8+;19-8+;18-11+;15-8+. The molecule has 0 atom stereocenters. The summed E-state index contributed by atoms with van der Waals surface area (Å²) in [6, 6.07) is 60.7. The van der Waals surface area contributed by atoms with Gasteiger partial charge in [-0.3, -0.25) is 24.0 Å². The van der Waals surface area contributed by atoms with Crippen molar-refractivity contribution in [1.82, 2.24) is 29.8 Å². The molecule has 5 amide bonds. The zero-order chi connectivity index (χ0) is 84.4. The number of amides is 5. The summed E-state index contributed by atoms with van der Waals surface area (Å²) in [5.41, 5.74) is 14.0. The molecular weight excluding hydrogens is 1480 g/mol. The second-order valence-electron chi connectivity index (χ2n) is 29.1. The van der Waals surface area contributed by atoms with Crippen molar-refractivity contribution in [2.45, 2.75) is 79.8 Å². The van der Waals surface area contributed by atoms with Crippen LogP contribution in [-0.2, 0) is 19.2 Å². The number of ether oxygens (including phenoxy) is 8. The minimum atomic E-state index is -0.565. The first-order valence-corrected chi connectivity index (χ1v) is 38.1. The van der Waals surface area contributed by atoms with Gasteiger partial charge in [0.25, 0.3) is 23.6 Å². The number of carbonyl (C=O) groups is 5. The number of hydrogen-bond donors (Lipinski definition) is 1. The Morgan fingerprint density at radius 3 is 1.06 bits per heavy atom. The van der Waals surface area contributed by atoms with E-state index in [1.807, 2.05) is 213 Å². The highest BCUT2D eigenvalue weighted by molar-refractivity contribution is 6.00. The Bertz CT molecular complexity index is 5110. The van der Waals surface area contributed by atoms with E-state index in [2.05, 4.69) is 16.3 Å². The number of benzene rings is 7. The molecular formula is C92H94N12O13. The third kappa shape index (κ3) is 23.5. The number of likely N-dealkylation sites (tertiary alicyclic amines) is 4. The van der Waals surface area contributed by atoms with Gasteiger partial charge in [-0.2, -0.15) is 31.4 Å². The van der Waals surface area contributed by atoms with Crippen LogP contribution in [0.3, 0.4) is 0 Å². The number of methoxy groups -OCH3 is 4. The number of carbonyl (C=O) groups excluding carboxylic acids is 5. The van der Waals surface area contributed by atoms with Crippen molar-refractivity contribution in [3.05, 3.63) is 228 Å². The number of rotatable bonds is 25. The van der Waals surface area contributed by atoms with Gasteiger partial charge in [-0.05, 0) is 113 Å². The highest BCUT2D eigenvalue weighted by atomic mass is 16.5. The largest absolute Gasteiger partial charge is 0.496 e. The van der Waals surface area contributed by atoms with Gasteiger partial charge in [0.2, 0.25) is 11.8 Å². The Balaban J connectivity index is 0.000000178. The van der Waals surface area contributed by atoms with Crippen LogP contribution in [0.25, 0.3) is 44.5 Å². The molecule has 4 aliphatic rings. The lowest BCUT2D eigenvalue weighted by atomic mass is 10.0. The molecule has 25 heteroatoms. The summed E-state index contributed by atoms with van der Waals surface area (Å²) in [5.74, 6) is 4.01. The van der Waals surface area contributed by atoms with Crippen LogP contribution < -0.4 is 43.6 Å². The van der Waals surface area contributed by atoms with Gasteiger partial charge in [0.1, 0.15) is 111 Å². The number of primary amides is 1. The third-order valence-electron chi connectivity index (χ3n) is 18.5. The van der Waals surface area contributed by atoms with Crippen LogP contribution in [0, 0.1) is 80.3 Å². The van der Waals surface area contributed by atoms with Crippen molar-refractivity contribution in [3.63, 3.8) is 0 Å². The van der Waals surface area contributed by atoms with E-state index < -0.39 is 5.91 Å². The molecule has 0 bridgehead atoms. The summed E-state index contributed by atoms with van der Waals surface area (Å²) in [6.45, 7) is 18.7. The van der Waals surface area contributed by atoms with Crippen LogP contribution in [0.15, 0.2) is 217 Å². The van der Waals surface area contributed by atoms with Crippen LogP contribution in [0.4, 0.5) is 0 Å². The predicted octanol–water partition coefficient (Wildman–Crippen LogP) is 14.0. The van der Waals surface area contributed by atoms with Gasteiger partial charge < -0.3 is 63.2 Å². The maximum Gasteiger partial charge on any atom is 0.264 e. The van der Waals surface area contributed by atoms with E-state index >= 15 is 0 Å². The minimum absolute atomic E-state index is 0.0733. The van der Waals surface area contributed by atoms with Crippen molar-refractivity contribution in [2.75, 3.05) is 80.8 Å². The van der Waals surface area contributed by atoms with Gasteiger partial charge in [-0.15, -0.1) is 5.10 Å². The van der Waals surface area contributed by atoms with Crippen molar-refractivity contribution in [3.8, 4) is 121 Å². The van der Waals surface area contributed by atoms with Crippen molar-refractivity contribution >= 4 is 29.5 Å². The zero-order valence-electron chi connectivity index (χ0n) is 67.6. The number of aromatic nitrogens is 2. The molecule has 0 saturated carbocycles. The maximum absolute atomic E-state index is 12.4. The predicted molar refractivity (Wildman–Crippen MR) is 441 cm³/mol. The number of nitrogens with zero attached hydrogens (tertiary/aromatic N) is 11. The molecule has 1 aromatic heterocycles. The first-order chi connectivity index (χ1) is 56.3. The van der Waals surface area contributed by atoms with Crippen molar-refractivity contribution in [1.29, 1.82) is 26.3 Å². The van der Waals surface area contributed by atoms with Crippen LogP contribution in [-0.4, -0.2) is 165 Å². The molecule has 4 aliphatic heterocycles. The Morgan fingerprint density at radius 1 is 0.385 bits per heavy atom. The fourth-order valence-corrected chi connectivity index (χ4v) is 12.8. The van der Waals surface area contributed by atoms with Gasteiger partial charge in [0.05, 0.1) is 98.6 Å². The van der Waals surface area contributed by atoms with E-state index in [0.29, 0.717) is 92.4 Å². The average Bonchev–Trinajstić information content (AvgIpc) is 0.811. The van der Waals surface area contributed by atoms with E-state index in [0.717, 1.165) is 61.8 Å². The zero-order valence-corrected chi connectivity index (χ0v) is 67.6. The first-order valence-electron chi connectivity index (χ1n) is 38.1. The molecule has 4 fully saturated rings. The molecule has 0 aliphatic carbocycles. The molecule has 0 radical (unpaired) electrons. The summed E-state index contributed by atoms with van der Waals surface area (Å²) in [6.07, 6.45) is 7.69. The smallest absolute Gasteiger partial charge is 0.264 e. The van der Waals surface area contributed by atoms with E-state index in [1.165, 1.54) is 0 Å². The van der Waals surface area contributed by atoms with Crippen LogP contribution in [0.1, 0.15) is 71.3 Å². The number of nitrogens with two attached hydrogens (primary N) is 1. The molecule has 7 aromatic carbocycles. The van der Waals surface area contributed by atoms with Gasteiger partial charge in [0.15, 0.2) is 0 Å². The molecule has 5 heterocycles. The quantitative estimate of drug-likeness (QED) is 0.0410. The third-order valence-corrected chi connectivity index (χ3v) is 18.5. The van der Waals surface area contributed by atoms with Crippen molar-refractivity contribution in [2.24, 2.45) is 29.4 Å². The monoisotopic (exact) mass is 1570 g/mol. The fourth-order valence-electron chi connectivity index (χ4n) is 12.8. The number of hydrogen-bond acceptors (Lipinski definition) is 20. The van der Waals surface area contributed by atoms with E-state index in [-0.39, 0.29) is 94.0 Å². The Labute approximate surface area is 682 Å². The summed E-state index contributed by atoms with van der Waals surface area (Å²) < 4.78 is 45.6. The number of nitriles is 5. The summed E-state index contributed by atoms with van der Waals surface area (Å²) in [4.78, 5) is 67.8. The van der Waals surface area contributed by atoms with E-state index in [4.69, 9.17) is 43.6 Å². The molecule has 117 heavy (non-hydrogen) atoms. The minimum Gasteiger partial charge on any atom is -0.496 e. The highest BCUT2D eigenvalue weighted by Gasteiger charge is 2.38. The molecule has 25 nitrogen and oxygen atoms in total. The maximum atomic E-state index is 12.4. The lowest BCUT2D eigenvalue weighted by molar-refractivity contribution is -0.136. The summed E-state index contributed by atoms with van der Waals surface area (Å²) >= 11 is 0. The average molecular weight is 1580 g/mol. The lowest BCUT2D eigenvalue weighted by Gasteiger charge is -2.39. The number of para-hydroxylation sites is 4. The van der Waals surface area contributed by atoms with Gasteiger partial charge in [-0.25, -0.2) is 0 Å². The van der Waals surface area contributed by atoms with Crippen LogP contribution in [0.5, 0.6) is 46.1 Å². The van der Waals surface area contributed by atoms with Gasteiger partial charge in [0, 0.05) is 39.4 Å². The molecule has 4 saturated heterocycles. The second-order valence-corrected chi connectivity index (χ2v) is 29.1. The Kier molecular flexibility index (Phi) is 30.8. The lowest BCUT2D eigenvalue weighted by Crippen LogP contribution is -2.56. The molecule has 8 aromatic rings. The van der Waals surface area contributed by atoms with Gasteiger partial charge >= 0.3 is 0 Å². The second kappa shape index (κ2) is 41.5. The summed E-state index contributed by atoms with van der Waals surface area (Å²) in [7, 11) is 6.46. The molecule has 2 N–H and O–H groups in total. The molecule has 0 spiro atoms. The fraction of sp³-hybridized carbons (Fsp3) is 0.304. The normalized spacial score (nSPS) is 14.2. The topological polar surface area (TPSA) is 343 Å². The SMILES string of the molecule is COc1ccccc1-c1cc(C#N)cc(OC2CN(C(=O)/C(C#N)=C/C(C)C)C2)c1.COc1ccccc1-c1cc(OC2CN(C(=O)/C(C#N)=C/C(C)C)C2)cc(C(N)=O)c1.COc1ccccc1-c1cccc(OC2CN(C(=O)/C(C#N)=C/C(C)C)C2)c1.COc1ccccc1-c1cnnc(OC2CN(C(=O)/C(C#N)=C/C(C)C)C2)c1. The molecule has 600 valence electrons. The van der Waals surface area contributed by atoms with Crippen molar-refractivity contribution < 1.29 is 61.9 Å². The van der Waals surface area contributed by atoms with Crippen LogP contribution in [0.2, 0.25) is 0 Å². The number of allylic oxidation sites excluding steroid dienone is 4. The Morgan fingerprint density at radius 2 is 0.709 bits per heavy atom. The summed E-state index contributed by atoms with van der Waals surface area (Å²) in [5, 5.41) is 54.3. The van der Waals surface area contributed by atoms with E-state index in [1.54, 1.807) is 109 Å². The highest BCUT2D eigenvalue weighted by Crippen LogP contribution is 2.38. The van der Waals surface area contributed by atoms with Gasteiger partial charge in [-0.1, -0.05) is 165 Å². The Hall–Kier alpha value is -14.2. The van der Waals surface area contributed by atoms with Crippen LogP contribution >= 0.6 is 0 Å². The molecule has 0 unspecified atom stereocenters. The van der Waals surface area contributed by atoms with E-state index in [9.17, 15) is 50.3 Å².